The van der Waals surface area contributed by atoms with Crippen LogP contribution >= 0.6 is 0 Å². The van der Waals surface area contributed by atoms with Crippen LogP contribution in [0.5, 0.6) is 5.75 Å². The van der Waals surface area contributed by atoms with Crippen LogP contribution in [0.15, 0.2) is 54.7 Å². The van der Waals surface area contributed by atoms with Gasteiger partial charge >= 0.3 is 6.18 Å². The van der Waals surface area contributed by atoms with Gasteiger partial charge in [0.15, 0.2) is 0 Å². The van der Waals surface area contributed by atoms with Gasteiger partial charge in [-0.3, -0.25) is 0 Å². The van der Waals surface area contributed by atoms with E-state index in [-0.39, 0.29) is 11.8 Å². The number of hydrogen-bond donors (Lipinski definition) is 2. The first-order chi connectivity index (χ1) is 16.2. The molecule has 34 heavy (non-hydrogen) atoms. The highest BCUT2D eigenvalue weighted by Gasteiger charge is 2.35. The van der Waals surface area contributed by atoms with Crippen molar-refractivity contribution >= 4 is 23.1 Å². The Balaban J connectivity index is 1.77. The predicted octanol–water partition coefficient (Wildman–Crippen LogP) is 7.75. The lowest BCUT2D eigenvalue weighted by Gasteiger charge is -2.16. The van der Waals surface area contributed by atoms with Crippen LogP contribution in [0, 0.1) is 5.92 Å². The number of nitrogens with zero attached hydrogens (tertiary/aromatic N) is 2. The fraction of sp³-hybridized carbons (Fsp3) is 0.385. The molecule has 0 radical (unpaired) electrons. The van der Waals surface area contributed by atoms with E-state index in [1.165, 1.54) is 0 Å². The average Bonchev–Trinajstić information content (AvgIpc) is 2.77. The van der Waals surface area contributed by atoms with E-state index < -0.39 is 11.7 Å². The summed E-state index contributed by atoms with van der Waals surface area (Å²) in [6.07, 6.45) is 0.263. The zero-order chi connectivity index (χ0) is 24.6. The van der Waals surface area contributed by atoms with E-state index >= 15 is 0 Å². The van der Waals surface area contributed by atoms with Crippen LogP contribution in [-0.2, 0) is 12.6 Å². The number of nitrogens with one attached hydrogen (secondary N) is 2. The molecule has 0 atom stereocenters. The van der Waals surface area contributed by atoms with Gasteiger partial charge in [0.2, 0.25) is 5.95 Å². The van der Waals surface area contributed by atoms with E-state index in [0.717, 1.165) is 43.2 Å². The van der Waals surface area contributed by atoms with Crippen molar-refractivity contribution in [3.8, 4) is 5.75 Å². The van der Waals surface area contributed by atoms with Crippen molar-refractivity contribution < 1.29 is 17.9 Å². The van der Waals surface area contributed by atoms with Crippen molar-refractivity contribution in [2.45, 2.75) is 52.6 Å². The molecular weight excluding hydrogens is 441 g/mol. The second-order valence-corrected chi connectivity index (χ2v) is 8.58. The standard InChI is InChI=1S/C26H31F3N4O/c1-4-5-6-14-34-22-12-10-20(11-13-22)32-25-30-17-23(26(27,28)29)24(33-25)31-21-9-7-8-19(16-21)15-18(2)3/h7-13,16-18H,4-6,14-15H2,1-3H3,(H2,30,31,32,33). The van der Waals surface area contributed by atoms with Crippen LogP contribution in [0.4, 0.5) is 36.3 Å². The highest BCUT2D eigenvalue weighted by atomic mass is 19.4. The van der Waals surface area contributed by atoms with Gasteiger partial charge in [-0.1, -0.05) is 45.7 Å². The number of alkyl halides is 3. The average molecular weight is 473 g/mol. The molecule has 182 valence electrons. The summed E-state index contributed by atoms with van der Waals surface area (Å²) in [5.74, 6) is 0.926. The molecule has 0 aliphatic rings. The maximum absolute atomic E-state index is 13.6. The minimum atomic E-state index is -4.59. The number of halogens is 3. The highest BCUT2D eigenvalue weighted by molar-refractivity contribution is 5.63. The Hall–Kier alpha value is -3.29. The lowest BCUT2D eigenvalue weighted by atomic mass is 10.0. The Bertz CT molecular complexity index is 1050. The first-order valence-corrected chi connectivity index (χ1v) is 11.5. The summed E-state index contributed by atoms with van der Waals surface area (Å²) >= 11 is 0. The van der Waals surface area contributed by atoms with Crippen molar-refractivity contribution in [2.75, 3.05) is 17.2 Å². The topological polar surface area (TPSA) is 59.1 Å². The quantitative estimate of drug-likeness (QED) is 0.279. The molecule has 0 amide bonds. The summed E-state index contributed by atoms with van der Waals surface area (Å²) in [5.41, 5.74) is 1.30. The van der Waals surface area contributed by atoms with Crippen LogP contribution < -0.4 is 15.4 Å². The molecule has 0 bridgehead atoms. The van der Waals surface area contributed by atoms with Gasteiger partial charge in [0, 0.05) is 17.6 Å². The maximum Gasteiger partial charge on any atom is 0.421 e. The number of ether oxygens (including phenoxy) is 1. The van der Waals surface area contributed by atoms with Crippen molar-refractivity contribution in [1.82, 2.24) is 9.97 Å². The summed E-state index contributed by atoms with van der Waals surface area (Å²) in [7, 11) is 0. The van der Waals surface area contributed by atoms with Crippen LogP contribution in [0.25, 0.3) is 0 Å². The first-order valence-electron chi connectivity index (χ1n) is 11.5. The van der Waals surface area contributed by atoms with Gasteiger partial charge in [-0.15, -0.1) is 0 Å². The van der Waals surface area contributed by atoms with Crippen LogP contribution in [0.3, 0.4) is 0 Å². The smallest absolute Gasteiger partial charge is 0.421 e. The number of benzene rings is 2. The molecule has 1 heterocycles. The Kier molecular flexibility index (Phi) is 8.73. The predicted molar refractivity (Wildman–Crippen MR) is 130 cm³/mol. The summed E-state index contributed by atoms with van der Waals surface area (Å²) in [5, 5.41) is 5.80. The Morgan fingerprint density at radius 3 is 2.41 bits per heavy atom. The largest absolute Gasteiger partial charge is 0.494 e. The van der Waals surface area contributed by atoms with E-state index in [1.54, 1.807) is 30.3 Å². The number of hydrogen-bond acceptors (Lipinski definition) is 5. The van der Waals surface area contributed by atoms with Crippen LogP contribution in [-0.4, -0.2) is 16.6 Å². The lowest BCUT2D eigenvalue weighted by molar-refractivity contribution is -0.137. The molecule has 0 saturated carbocycles. The van der Waals surface area contributed by atoms with E-state index in [9.17, 15) is 13.2 Å². The Labute approximate surface area is 198 Å². The molecule has 0 aliphatic heterocycles. The SMILES string of the molecule is CCCCCOc1ccc(Nc2ncc(C(F)(F)F)c(Nc3cccc(CC(C)C)c3)n2)cc1. The fourth-order valence-electron chi connectivity index (χ4n) is 3.43. The molecule has 0 saturated heterocycles. The monoisotopic (exact) mass is 472 g/mol. The van der Waals surface area contributed by atoms with Crippen LogP contribution in [0.1, 0.15) is 51.2 Å². The lowest BCUT2D eigenvalue weighted by Crippen LogP contribution is -2.12. The normalized spacial score (nSPS) is 11.5. The van der Waals surface area contributed by atoms with E-state index in [1.807, 2.05) is 18.2 Å². The van der Waals surface area contributed by atoms with Crippen molar-refractivity contribution in [3.63, 3.8) is 0 Å². The van der Waals surface area contributed by atoms with E-state index in [2.05, 4.69) is 41.4 Å². The molecule has 3 aromatic rings. The summed E-state index contributed by atoms with van der Waals surface area (Å²) in [6.45, 7) is 6.97. The van der Waals surface area contributed by atoms with Crippen molar-refractivity contribution in [3.05, 3.63) is 65.9 Å². The molecule has 3 rings (SSSR count). The summed E-state index contributed by atoms with van der Waals surface area (Å²) in [6, 6.07) is 14.5. The number of rotatable bonds is 11. The van der Waals surface area contributed by atoms with Gasteiger partial charge in [0.05, 0.1) is 6.61 Å². The minimum Gasteiger partial charge on any atom is -0.494 e. The minimum absolute atomic E-state index is 0.0606. The fourth-order valence-corrected chi connectivity index (χ4v) is 3.43. The highest BCUT2D eigenvalue weighted by Crippen LogP contribution is 2.35. The van der Waals surface area contributed by atoms with Gasteiger partial charge in [0.25, 0.3) is 0 Å². The van der Waals surface area contributed by atoms with Crippen LogP contribution in [0.2, 0.25) is 0 Å². The first kappa shape index (κ1) is 25.3. The van der Waals surface area contributed by atoms with Crippen molar-refractivity contribution in [1.29, 1.82) is 0 Å². The number of aromatic nitrogens is 2. The van der Waals surface area contributed by atoms with Gasteiger partial charge in [-0.05, 0) is 60.7 Å². The van der Waals surface area contributed by atoms with Gasteiger partial charge < -0.3 is 15.4 Å². The zero-order valence-electron chi connectivity index (χ0n) is 19.7. The van der Waals surface area contributed by atoms with Crippen molar-refractivity contribution in [2.24, 2.45) is 5.92 Å². The molecule has 0 fully saturated rings. The summed E-state index contributed by atoms with van der Waals surface area (Å²) < 4.78 is 46.5. The molecule has 5 nitrogen and oxygen atoms in total. The van der Waals surface area contributed by atoms with Gasteiger partial charge in [-0.2, -0.15) is 18.2 Å². The number of unbranched alkanes of at least 4 members (excludes halogenated alkanes) is 2. The van der Waals surface area contributed by atoms with Gasteiger partial charge in [-0.25, -0.2) is 4.98 Å². The third-order valence-corrected chi connectivity index (χ3v) is 5.05. The molecule has 1 aromatic heterocycles. The second kappa shape index (κ2) is 11.7. The molecule has 0 spiro atoms. The zero-order valence-corrected chi connectivity index (χ0v) is 19.7. The Morgan fingerprint density at radius 2 is 1.74 bits per heavy atom. The Morgan fingerprint density at radius 1 is 0.971 bits per heavy atom. The number of anilines is 4. The van der Waals surface area contributed by atoms with Gasteiger partial charge in [0.1, 0.15) is 17.1 Å². The molecule has 0 unspecified atom stereocenters. The molecule has 2 aromatic carbocycles. The molecule has 2 N–H and O–H groups in total. The maximum atomic E-state index is 13.6. The molecule has 0 aliphatic carbocycles. The van der Waals surface area contributed by atoms with E-state index in [4.69, 9.17) is 4.74 Å². The third-order valence-electron chi connectivity index (χ3n) is 5.05. The third kappa shape index (κ3) is 7.64. The second-order valence-electron chi connectivity index (χ2n) is 8.58. The van der Waals surface area contributed by atoms with E-state index in [0.29, 0.717) is 23.9 Å². The molecular formula is C26H31F3N4O. The molecule has 8 heteroatoms. The summed E-state index contributed by atoms with van der Waals surface area (Å²) in [4.78, 5) is 8.01.